The predicted octanol–water partition coefficient (Wildman–Crippen LogP) is 6.72. The fourth-order valence-corrected chi connectivity index (χ4v) is 6.03. The number of nitrogens with one attached hydrogen (secondary N) is 1. The lowest BCUT2D eigenvalue weighted by molar-refractivity contribution is -0.143. The van der Waals surface area contributed by atoms with Crippen LogP contribution in [-0.2, 0) is 0 Å². The molecule has 1 aliphatic heterocycles. The number of benzene rings is 2. The van der Waals surface area contributed by atoms with Crippen LogP contribution in [0, 0.1) is 19.8 Å². The normalized spacial score (nSPS) is 18.0. The van der Waals surface area contributed by atoms with Crippen molar-refractivity contribution in [2.24, 2.45) is 5.92 Å². The van der Waals surface area contributed by atoms with E-state index in [4.69, 9.17) is 0 Å². The van der Waals surface area contributed by atoms with Crippen LogP contribution in [-0.4, -0.2) is 55.6 Å². The minimum Gasteiger partial charge on any atom is -0.355 e. The first-order valence-corrected chi connectivity index (χ1v) is 13.7. The Morgan fingerprint density at radius 2 is 1.78 bits per heavy atom. The molecule has 0 spiro atoms. The van der Waals surface area contributed by atoms with Gasteiger partial charge in [0.25, 0.3) is 5.91 Å². The number of halogens is 3. The van der Waals surface area contributed by atoms with E-state index in [1.54, 1.807) is 24.7 Å². The van der Waals surface area contributed by atoms with Crippen LogP contribution in [0.4, 0.5) is 24.5 Å². The number of anilines is 2. The average molecular weight is 561 g/mol. The smallest absolute Gasteiger partial charge is 0.355 e. The van der Waals surface area contributed by atoms with Gasteiger partial charge in [0.05, 0.1) is 29.5 Å². The largest absolute Gasteiger partial charge is 0.401 e. The Balaban J connectivity index is 1.38. The van der Waals surface area contributed by atoms with E-state index in [1.165, 1.54) is 9.47 Å². The molecular formula is C31H31F3N6O. The van der Waals surface area contributed by atoms with Gasteiger partial charge in [-0.3, -0.25) is 18.7 Å². The molecule has 7 nitrogen and oxygen atoms in total. The molecule has 0 radical (unpaired) electrons. The molecule has 1 saturated heterocycles. The number of aromatic nitrogens is 4. The number of imidazole rings is 1. The highest BCUT2D eigenvalue weighted by Crippen LogP contribution is 2.37. The third-order valence-electron chi connectivity index (χ3n) is 8.27. The minimum absolute atomic E-state index is 0.0622. The van der Waals surface area contributed by atoms with Crippen LogP contribution < -0.4 is 5.32 Å². The summed E-state index contributed by atoms with van der Waals surface area (Å²) in [6.07, 6.45) is 1.55. The van der Waals surface area contributed by atoms with Crippen LogP contribution in [0.5, 0.6) is 0 Å². The fourth-order valence-electron chi connectivity index (χ4n) is 6.03. The average Bonchev–Trinajstić information content (AvgIpc) is 3.66. The van der Waals surface area contributed by atoms with Crippen molar-refractivity contribution in [1.82, 2.24) is 23.8 Å². The number of carbonyl (C=O) groups excluding carboxylic acids is 1. The molecule has 0 amide bonds. The molecule has 41 heavy (non-hydrogen) atoms. The third kappa shape index (κ3) is 4.97. The van der Waals surface area contributed by atoms with E-state index in [-0.39, 0.29) is 17.7 Å². The molecule has 2 atom stereocenters. The van der Waals surface area contributed by atoms with Gasteiger partial charge in [0.2, 0.25) is 0 Å². The van der Waals surface area contributed by atoms with E-state index in [1.807, 2.05) is 67.6 Å². The predicted molar refractivity (Wildman–Crippen MR) is 153 cm³/mol. The molecule has 0 saturated carbocycles. The lowest BCUT2D eigenvalue weighted by Gasteiger charge is -2.18. The first kappa shape index (κ1) is 27.0. The van der Waals surface area contributed by atoms with Crippen LogP contribution in [0.1, 0.15) is 46.4 Å². The SMILES string of the molecule is CC[C@@H]1CN(CC(F)(F)F)C[C@@H]1c1cnc2cnc3c(ccn3C(=O)c3ccccc3Nc3cccc(C)c3C)n12. The van der Waals surface area contributed by atoms with E-state index >= 15 is 0 Å². The maximum Gasteiger partial charge on any atom is 0.401 e. The zero-order chi connectivity index (χ0) is 28.9. The number of alkyl halides is 3. The van der Waals surface area contributed by atoms with Crippen molar-refractivity contribution in [3.05, 3.63) is 89.5 Å². The van der Waals surface area contributed by atoms with E-state index in [0.29, 0.717) is 41.2 Å². The number of nitrogens with zero attached hydrogens (tertiary/aromatic N) is 5. The molecule has 1 aliphatic rings. The summed E-state index contributed by atoms with van der Waals surface area (Å²) in [5.74, 6) is -0.303. The highest BCUT2D eigenvalue weighted by atomic mass is 19.4. The van der Waals surface area contributed by atoms with Crippen molar-refractivity contribution in [1.29, 1.82) is 0 Å². The summed E-state index contributed by atoms with van der Waals surface area (Å²) in [5.41, 5.74) is 6.92. The first-order valence-electron chi connectivity index (χ1n) is 13.7. The van der Waals surface area contributed by atoms with Gasteiger partial charge < -0.3 is 5.32 Å². The maximum atomic E-state index is 13.9. The highest BCUT2D eigenvalue weighted by molar-refractivity contribution is 6.05. The van der Waals surface area contributed by atoms with E-state index < -0.39 is 12.7 Å². The Morgan fingerprint density at radius 1 is 1.00 bits per heavy atom. The molecule has 5 aromatic rings. The van der Waals surface area contributed by atoms with Crippen molar-refractivity contribution in [2.45, 2.75) is 39.3 Å². The molecule has 6 rings (SSSR count). The Morgan fingerprint density at radius 3 is 2.56 bits per heavy atom. The van der Waals surface area contributed by atoms with Gasteiger partial charge in [-0.15, -0.1) is 0 Å². The second-order valence-electron chi connectivity index (χ2n) is 10.8. The van der Waals surface area contributed by atoms with Crippen molar-refractivity contribution >= 4 is 34.1 Å². The molecule has 1 N–H and O–H groups in total. The van der Waals surface area contributed by atoms with Crippen LogP contribution in [0.2, 0.25) is 0 Å². The molecule has 0 unspecified atom stereocenters. The van der Waals surface area contributed by atoms with Crippen LogP contribution in [0.3, 0.4) is 0 Å². The Bertz CT molecular complexity index is 1750. The minimum atomic E-state index is -4.25. The first-order chi connectivity index (χ1) is 19.6. The summed E-state index contributed by atoms with van der Waals surface area (Å²) in [5, 5.41) is 3.42. The van der Waals surface area contributed by atoms with Gasteiger partial charge >= 0.3 is 6.18 Å². The summed E-state index contributed by atoms with van der Waals surface area (Å²) in [6.45, 7) is 5.85. The summed E-state index contributed by atoms with van der Waals surface area (Å²) < 4.78 is 43.0. The van der Waals surface area contributed by atoms with Gasteiger partial charge in [0, 0.05) is 42.8 Å². The van der Waals surface area contributed by atoms with Crippen molar-refractivity contribution in [3.63, 3.8) is 0 Å². The molecule has 1 fully saturated rings. The molecule has 0 bridgehead atoms. The lowest BCUT2D eigenvalue weighted by Crippen LogP contribution is -2.32. The summed E-state index contributed by atoms with van der Waals surface area (Å²) in [6, 6.07) is 15.2. The zero-order valence-corrected chi connectivity index (χ0v) is 23.1. The molecular weight excluding hydrogens is 529 g/mol. The number of likely N-dealkylation sites (tertiary alicyclic amines) is 1. The van der Waals surface area contributed by atoms with Crippen molar-refractivity contribution in [3.8, 4) is 0 Å². The summed E-state index contributed by atoms with van der Waals surface area (Å²) in [4.78, 5) is 24.5. The zero-order valence-electron chi connectivity index (χ0n) is 23.1. The van der Waals surface area contributed by atoms with Gasteiger partial charge in [-0.25, -0.2) is 9.97 Å². The highest BCUT2D eigenvalue weighted by Gasteiger charge is 2.40. The van der Waals surface area contributed by atoms with Crippen LogP contribution in [0.15, 0.2) is 67.1 Å². The standard InChI is InChI=1S/C31H31F3N6O/c1-4-21-16-38(18-31(32,33)34)17-23(21)27-14-35-28-15-36-29-26(40(27)28)12-13-39(29)30(41)22-9-5-6-10-25(22)37-24-11-7-8-19(2)20(24)3/h5-15,21,23,37H,4,16-18H2,1-3H3/t21-,23+/m1/s1. The number of aryl methyl sites for hydroxylation is 1. The van der Waals surface area contributed by atoms with Crippen molar-refractivity contribution < 1.29 is 18.0 Å². The fraction of sp³-hybridized carbons (Fsp3) is 0.323. The quantitative estimate of drug-likeness (QED) is 0.250. The molecule has 10 heteroatoms. The van der Waals surface area contributed by atoms with E-state index in [9.17, 15) is 18.0 Å². The number of carbonyl (C=O) groups is 1. The topological polar surface area (TPSA) is 67.5 Å². The Labute approximate surface area is 235 Å². The summed E-state index contributed by atoms with van der Waals surface area (Å²) in [7, 11) is 0. The number of rotatable bonds is 6. The van der Waals surface area contributed by atoms with Gasteiger partial charge in [0.1, 0.15) is 0 Å². The van der Waals surface area contributed by atoms with E-state index in [0.717, 1.165) is 28.9 Å². The monoisotopic (exact) mass is 560 g/mol. The van der Waals surface area contributed by atoms with Crippen molar-refractivity contribution in [2.75, 3.05) is 25.0 Å². The van der Waals surface area contributed by atoms with Gasteiger partial charge in [0.15, 0.2) is 11.3 Å². The number of fused-ring (bicyclic) bond motifs is 3. The van der Waals surface area contributed by atoms with Crippen LogP contribution in [0.25, 0.3) is 16.8 Å². The van der Waals surface area contributed by atoms with Crippen LogP contribution >= 0.6 is 0 Å². The number of para-hydroxylation sites is 1. The summed E-state index contributed by atoms with van der Waals surface area (Å²) >= 11 is 0. The van der Waals surface area contributed by atoms with E-state index in [2.05, 4.69) is 15.3 Å². The van der Waals surface area contributed by atoms with Gasteiger partial charge in [-0.1, -0.05) is 37.6 Å². The van der Waals surface area contributed by atoms with Gasteiger partial charge in [-0.2, -0.15) is 13.2 Å². The second-order valence-corrected chi connectivity index (χ2v) is 10.8. The second kappa shape index (κ2) is 10.3. The third-order valence-corrected chi connectivity index (χ3v) is 8.27. The number of hydrogen-bond donors (Lipinski definition) is 1. The Kier molecular flexibility index (Phi) is 6.81. The molecule has 4 heterocycles. The molecule has 0 aliphatic carbocycles. The lowest BCUT2D eigenvalue weighted by atomic mass is 9.91. The number of hydrogen-bond acceptors (Lipinski definition) is 5. The Hall–Kier alpha value is -4.18. The maximum absolute atomic E-state index is 13.9. The molecule has 3 aromatic heterocycles. The molecule has 212 valence electrons. The van der Waals surface area contributed by atoms with Gasteiger partial charge in [-0.05, 0) is 55.2 Å². The molecule has 2 aromatic carbocycles.